The maximum absolute atomic E-state index is 12.1. The van der Waals surface area contributed by atoms with Crippen molar-refractivity contribution in [2.24, 2.45) is 10.6 Å². The molecule has 6 heteroatoms. The molecule has 0 aromatic carbocycles. The Balaban J connectivity index is 1.89. The zero-order valence-electron chi connectivity index (χ0n) is 10.7. The van der Waals surface area contributed by atoms with E-state index in [1.807, 2.05) is 0 Å². The SMILES string of the molecule is CC1(C)CCN(C(=O)C2CC(C(=O)O)=NO2)CC1. The Hall–Kier alpha value is -1.59. The van der Waals surface area contributed by atoms with Gasteiger partial charge in [0.2, 0.25) is 6.10 Å². The maximum Gasteiger partial charge on any atom is 0.353 e. The number of oxime groups is 1. The molecule has 1 unspecified atom stereocenters. The molecule has 0 spiro atoms. The average molecular weight is 254 g/mol. The van der Waals surface area contributed by atoms with E-state index in [1.165, 1.54) is 0 Å². The zero-order chi connectivity index (χ0) is 13.3. The first kappa shape index (κ1) is 12.9. The number of carbonyl (C=O) groups excluding carboxylic acids is 1. The average Bonchev–Trinajstić information content (AvgIpc) is 2.77. The molecule has 2 aliphatic heterocycles. The van der Waals surface area contributed by atoms with E-state index in [2.05, 4.69) is 19.0 Å². The molecular formula is C12H18N2O4. The van der Waals surface area contributed by atoms with Gasteiger partial charge in [-0.25, -0.2) is 4.79 Å². The van der Waals surface area contributed by atoms with Gasteiger partial charge in [0.25, 0.3) is 5.91 Å². The molecule has 1 fully saturated rings. The molecule has 18 heavy (non-hydrogen) atoms. The van der Waals surface area contributed by atoms with E-state index in [4.69, 9.17) is 9.94 Å². The third-order valence-corrected chi connectivity index (χ3v) is 3.62. The lowest BCUT2D eigenvalue weighted by atomic mass is 9.82. The first-order chi connectivity index (χ1) is 8.39. The fourth-order valence-electron chi connectivity index (χ4n) is 2.17. The van der Waals surface area contributed by atoms with Crippen LogP contribution in [0.3, 0.4) is 0 Å². The molecule has 6 nitrogen and oxygen atoms in total. The molecule has 0 aromatic rings. The van der Waals surface area contributed by atoms with Gasteiger partial charge in [-0.15, -0.1) is 0 Å². The minimum Gasteiger partial charge on any atom is -0.477 e. The number of rotatable bonds is 2. The highest BCUT2D eigenvalue weighted by Crippen LogP contribution is 2.30. The van der Waals surface area contributed by atoms with Crippen molar-refractivity contribution in [3.63, 3.8) is 0 Å². The van der Waals surface area contributed by atoms with E-state index in [1.54, 1.807) is 4.90 Å². The second-order valence-corrected chi connectivity index (χ2v) is 5.63. The van der Waals surface area contributed by atoms with Crippen LogP contribution in [0.15, 0.2) is 5.16 Å². The number of amides is 1. The topological polar surface area (TPSA) is 79.2 Å². The molecule has 1 N–H and O–H groups in total. The van der Waals surface area contributed by atoms with Crippen LogP contribution in [0.4, 0.5) is 0 Å². The van der Waals surface area contributed by atoms with E-state index in [-0.39, 0.29) is 23.5 Å². The van der Waals surface area contributed by atoms with Gasteiger partial charge in [-0.3, -0.25) is 4.79 Å². The number of likely N-dealkylation sites (tertiary alicyclic amines) is 1. The van der Waals surface area contributed by atoms with Crippen LogP contribution in [0.1, 0.15) is 33.1 Å². The number of carboxylic acid groups (broad SMARTS) is 1. The summed E-state index contributed by atoms with van der Waals surface area (Å²) in [6, 6.07) is 0. The quantitative estimate of drug-likeness (QED) is 0.792. The van der Waals surface area contributed by atoms with Crippen LogP contribution in [-0.4, -0.2) is 46.8 Å². The zero-order valence-corrected chi connectivity index (χ0v) is 10.7. The van der Waals surface area contributed by atoms with Crippen molar-refractivity contribution in [2.45, 2.75) is 39.2 Å². The van der Waals surface area contributed by atoms with Gasteiger partial charge in [0.15, 0.2) is 5.71 Å². The number of hydrogen-bond acceptors (Lipinski definition) is 4. The Morgan fingerprint density at radius 2 is 2.00 bits per heavy atom. The van der Waals surface area contributed by atoms with Crippen molar-refractivity contribution in [3.05, 3.63) is 0 Å². The predicted molar refractivity (Wildman–Crippen MR) is 64.2 cm³/mol. The van der Waals surface area contributed by atoms with Gasteiger partial charge in [-0.05, 0) is 18.3 Å². The molecule has 0 saturated carbocycles. The molecular weight excluding hydrogens is 236 g/mol. The highest BCUT2D eigenvalue weighted by Gasteiger charge is 2.36. The van der Waals surface area contributed by atoms with E-state index in [0.29, 0.717) is 13.1 Å². The van der Waals surface area contributed by atoms with Crippen LogP contribution in [0, 0.1) is 5.41 Å². The smallest absolute Gasteiger partial charge is 0.353 e. The van der Waals surface area contributed by atoms with Gasteiger partial charge in [0.05, 0.1) is 0 Å². The standard InChI is InChI=1S/C12H18N2O4/c1-12(2)3-5-14(6-4-12)10(15)9-7-8(11(16)17)13-18-9/h9H,3-7H2,1-2H3,(H,16,17). The fourth-order valence-corrected chi connectivity index (χ4v) is 2.17. The normalized spacial score (nSPS) is 26.4. The van der Waals surface area contributed by atoms with Crippen molar-refractivity contribution >= 4 is 17.6 Å². The molecule has 2 rings (SSSR count). The summed E-state index contributed by atoms with van der Waals surface area (Å²) in [6.07, 6.45) is 1.22. The maximum atomic E-state index is 12.1. The lowest BCUT2D eigenvalue weighted by Gasteiger charge is -2.37. The van der Waals surface area contributed by atoms with Gasteiger partial charge in [0, 0.05) is 19.5 Å². The van der Waals surface area contributed by atoms with E-state index >= 15 is 0 Å². The summed E-state index contributed by atoms with van der Waals surface area (Å²) in [5.74, 6) is -1.27. The van der Waals surface area contributed by atoms with Crippen LogP contribution < -0.4 is 0 Å². The van der Waals surface area contributed by atoms with Gasteiger partial charge in [-0.1, -0.05) is 19.0 Å². The van der Waals surface area contributed by atoms with Crippen LogP contribution >= 0.6 is 0 Å². The minimum absolute atomic E-state index is 0.0636. The summed E-state index contributed by atoms with van der Waals surface area (Å²) >= 11 is 0. The van der Waals surface area contributed by atoms with Crippen LogP contribution in [0.5, 0.6) is 0 Å². The Morgan fingerprint density at radius 3 is 2.50 bits per heavy atom. The molecule has 0 radical (unpaired) electrons. The summed E-state index contributed by atoms with van der Waals surface area (Å²) in [5, 5.41) is 12.2. The van der Waals surface area contributed by atoms with Crippen molar-refractivity contribution in [1.82, 2.24) is 4.90 Å². The summed E-state index contributed by atoms with van der Waals surface area (Å²) in [5.41, 5.74) is 0.196. The molecule has 100 valence electrons. The Kier molecular flexibility index (Phi) is 3.28. The molecule has 0 aliphatic carbocycles. The highest BCUT2D eigenvalue weighted by molar-refractivity contribution is 6.36. The Labute approximate surface area is 106 Å². The largest absolute Gasteiger partial charge is 0.477 e. The van der Waals surface area contributed by atoms with Crippen LogP contribution in [0.2, 0.25) is 0 Å². The third-order valence-electron chi connectivity index (χ3n) is 3.62. The van der Waals surface area contributed by atoms with E-state index in [0.717, 1.165) is 12.8 Å². The third kappa shape index (κ3) is 2.63. The molecule has 2 aliphatic rings. The number of piperidine rings is 1. The van der Waals surface area contributed by atoms with Crippen molar-refractivity contribution in [2.75, 3.05) is 13.1 Å². The monoisotopic (exact) mass is 254 g/mol. The molecule has 2 heterocycles. The first-order valence-corrected chi connectivity index (χ1v) is 6.14. The first-order valence-electron chi connectivity index (χ1n) is 6.14. The van der Waals surface area contributed by atoms with Crippen LogP contribution in [0.25, 0.3) is 0 Å². The number of carbonyl (C=O) groups is 2. The Morgan fingerprint density at radius 1 is 1.39 bits per heavy atom. The summed E-state index contributed by atoms with van der Waals surface area (Å²) in [6.45, 7) is 5.78. The summed E-state index contributed by atoms with van der Waals surface area (Å²) in [4.78, 5) is 29.5. The molecule has 1 saturated heterocycles. The van der Waals surface area contributed by atoms with Gasteiger partial charge in [0.1, 0.15) is 0 Å². The molecule has 1 atom stereocenters. The summed E-state index contributed by atoms with van der Waals surface area (Å²) in [7, 11) is 0. The highest BCUT2D eigenvalue weighted by atomic mass is 16.6. The minimum atomic E-state index is -1.12. The second kappa shape index (κ2) is 4.59. The lowest BCUT2D eigenvalue weighted by Crippen LogP contribution is -2.45. The van der Waals surface area contributed by atoms with Crippen molar-refractivity contribution in [3.8, 4) is 0 Å². The summed E-state index contributed by atoms with van der Waals surface area (Å²) < 4.78 is 0. The van der Waals surface area contributed by atoms with Crippen molar-refractivity contribution < 1.29 is 19.5 Å². The van der Waals surface area contributed by atoms with Gasteiger partial charge in [-0.2, -0.15) is 0 Å². The number of nitrogens with zero attached hydrogens (tertiary/aromatic N) is 2. The molecule has 0 aromatic heterocycles. The number of carboxylic acids is 1. The number of hydrogen-bond donors (Lipinski definition) is 1. The Bertz CT molecular complexity index is 393. The molecule has 1 amide bonds. The fraction of sp³-hybridized carbons (Fsp3) is 0.750. The lowest BCUT2D eigenvalue weighted by molar-refractivity contribution is -0.144. The van der Waals surface area contributed by atoms with E-state index < -0.39 is 12.1 Å². The van der Waals surface area contributed by atoms with Crippen LogP contribution in [-0.2, 0) is 14.4 Å². The van der Waals surface area contributed by atoms with E-state index in [9.17, 15) is 9.59 Å². The molecule has 0 bridgehead atoms. The predicted octanol–water partition coefficient (Wildman–Crippen LogP) is 0.865. The van der Waals surface area contributed by atoms with Gasteiger partial charge < -0.3 is 14.8 Å². The van der Waals surface area contributed by atoms with Crippen molar-refractivity contribution in [1.29, 1.82) is 0 Å². The number of aliphatic carboxylic acids is 1. The second-order valence-electron chi connectivity index (χ2n) is 5.63. The van der Waals surface area contributed by atoms with Gasteiger partial charge >= 0.3 is 5.97 Å².